The first-order valence-electron chi connectivity index (χ1n) is 9.99. The maximum absolute atomic E-state index is 15.3. The Morgan fingerprint density at radius 1 is 1.34 bits per heavy atom. The van der Waals surface area contributed by atoms with Crippen LogP contribution in [0.2, 0.25) is 5.15 Å². The van der Waals surface area contributed by atoms with E-state index in [1.807, 2.05) is 13.8 Å². The predicted molar refractivity (Wildman–Crippen MR) is 121 cm³/mol. The second-order valence-electron chi connectivity index (χ2n) is 7.84. The fourth-order valence-corrected chi connectivity index (χ4v) is 3.78. The molecule has 0 saturated heterocycles. The van der Waals surface area contributed by atoms with Crippen molar-refractivity contribution in [2.75, 3.05) is 19.5 Å². The van der Waals surface area contributed by atoms with Crippen molar-refractivity contribution in [1.82, 2.24) is 9.55 Å². The first-order valence-corrected chi connectivity index (χ1v) is 10.4. The average molecular weight is 465 g/mol. The van der Waals surface area contributed by atoms with E-state index in [9.17, 15) is 9.90 Å². The van der Waals surface area contributed by atoms with Gasteiger partial charge in [0, 0.05) is 23.2 Å². The highest BCUT2D eigenvalue weighted by Crippen LogP contribution is 2.38. The summed E-state index contributed by atoms with van der Waals surface area (Å²) < 4.78 is 27.3. The van der Waals surface area contributed by atoms with Gasteiger partial charge in [-0.05, 0) is 24.5 Å². The zero-order chi connectivity index (χ0) is 23.6. The normalized spacial score (nSPS) is 12.2. The van der Waals surface area contributed by atoms with E-state index in [0.29, 0.717) is 17.9 Å². The molecule has 10 heteroatoms. The van der Waals surface area contributed by atoms with Crippen LogP contribution >= 0.6 is 11.6 Å². The van der Waals surface area contributed by atoms with E-state index in [1.54, 1.807) is 25.3 Å². The van der Waals surface area contributed by atoms with E-state index in [0.717, 1.165) is 5.56 Å². The SMILES string of the molecule is COc1ccc(Cn2cc3c(F)c(N[C@H](CC(C)C)C(N)=O)nc(Cl)c3c2O)c(OC)c1. The van der Waals surface area contributed by atoms with Crippen molar-refractivity contribution in [1.29, 1.82) is 0 Å². The third kappa shape index (κ3) is 4.67. The average Bonchev–Trinajstić information content (AvgIpc) is 3.07. The van der Waals surface area contributed by atoms with Crippen LogP contribution in [0.1, 0.15) is 25.8 Å². The van der Waals surface area contributed by atoms with E-state index in [4.69, 9.17) is 26.8 Å². The highest BCUT2D eigenvalue weighted by molar-refractivity contribution is 6.35. The van der Waals surface area contributed by atoms with Gasteiger partial charge in [-0.3, -0.25) is 4.79 Å². The Bertz CT molecular complexity index is 1150. The minimum Gasteiger partial charge on any atom is -0.497 e. The number of benzene rings is 1. The molecule has 0 bridgehead atoms. The minimum atomic E-state index is -0.815. The summed E-state index contributed by atoms with van der Waals surface area (Å²) in [6, 6.07) is 4.44. The van der Waals surface area contributed by atoms with E-state index in [2.05, 4.69) is 10.3 Å². The van der Waals surface area contributed by atoms with E-state index in [1.165, 1.54) is 17.9 Å². The van der Waals surface area contributed by atoms with Gasteiger partial charge in [0.1, 0.15) is 22.7 Å². The van der Waals surface area contributed by atoms with Crippen molar-refractivity contribution in [3.63, 3.8) is 0 Å². The second-order valence-corrected chi connectivity index (χ2v) is 8.20. The van der Waals surface area contributed by atoms with Crippen molar-refractivity contribution in [2.24, 2.45) is 11.7 Å². The predicted octanol–water partition coefficient (Wildman–Crippen LogP) is 3.91. The number of ether oxygens (including phenoxy) is 2. The molecule has 2 aromatic heterocycles. The number of aromatic nitrogens is 2. The van der Waals surface area contributed by atoms with Crippen LogP contribution in [-0.2, 0) is 11.3 Å². The van der Waals surface area contributed by atoms with Crippen LogP contribution in [0.4, 0.5) is 10.2 Å². The summed E-state index contributed by atoms with van der Waals surface area (Å²) in [5.74, 6) is -0.496. The fraction of sp³-hybridized carbons (Fsp3) is 0.364. The number of nitrogens with one attached hydrogen (secondary N) is 1. The smallest absolute Gasteiger partial charge is 0.239 e. The number of hydrogen-bond acceptors (Lipinski definition) is 6. The standard InChI is InChI=1S/C22H26ClFN4O4/c1-11(2)7-15(20(25)29)26-21-18(24)14-10-28(22(30)17(14)19(23)27-21)9-12-5-6-13(31-3)8-16(12)32-4/h5-6,8,10-11,15,26,30H,7,9H2,1-4H3,(H2,25,29)/t15-/m1/s1. The number of hydrogen-bond donors (Lipinski definition) is 3. The molecule has 0 radical (unpaired) electrons. The van der Waals surface area contributed by atoms with Crippen LogP contribution in [-0.4, -0.2) is 40.8 Å². The molecule has 32 heavy (non-hydrogen) atoms. The topological polar surface area (TPSA) is 112 Å². The molecule has 3 rings (SSSR count). The second kappa shape index (κ2) is 9.52. The molecule has 8 nitrogen and oxygen atoms in total. The molecule has 1 atom stereocenters. The number of carbonyl (C=O) groups excluding carboxylic acids is 1. The Hall–Kier alpha value is -3.20. The molecule has 0 saturated carbocycles. The number of nitrogens with zero attached hydrogens (tertiary/aromatic N) is 2. The Morgan fingerprint density at radius 2 is 2.06 bits per heavy atom. The van der Waals surface area contributed by atoms with Gasteiger partial charge in [-0.15, -0.1) is 0 Å². The van der Waals surface area contributed by atoms with Gasteiger partial charge >= 0.3 is 0 Å². The number of halogens is 2. The summed E-state index contributed by atoms with van der Waals surface area (Å²) in [6.45, 7) is 4.02. The minimum absolute atomic E-state index is 0.0604. The van der Waals surface area contributed by atoms with Gasteiger partial charge in [-0.2, -0.15) is 0 Å². The lowest BCUT2D eigenvalue weighted by Gasteiger charge is -2.18. The number of rotatable bonds is 9. The van der Waals surface area contributed by atoms with Crippen molar-refractivity contribution in [2.45, 2.75) is 32.9 Å². The first kappa shape index (κ1) is 23.5. The lowest BCUT2D eigenvalue weighted by Crippen LogP contribution is -2.37. The van der Waals surface area contributed by atoms with Gasteiger partial charge in [0.25, 0.3) is 0 Å². The Balaban J connectivity index is 2.02. The highest BCUT2D eigenvalue weighted by Gasteiger charge is 2.24. The Morgan fingerprint density at radius 3 is 2.66 bits per heavy atom. The molecule has 0 fully saturated rings. The molecule has 1 aromatic carbocycles. The molecule has 2 heterocycles. The van der Waals surface area contributed by atoms with E-state index in [-0.39, 0.29) is 40.1 Å². The lowest BCUT2D eigenvalue weighted by molar-refractivity contribution is -0.119. The van der Waals surface area contributed by atoms with Gasteiger partial charge < -0.3 is 30.2 Å². The highest BCUT2D eigenvalue weighted by atomic mass is 35.5. The summed E-state index contributed by atoms with van der Waals surface area (Å²) in [4.78, 5) is 15.8. The van der Waals surface area contributed by atoms with Crippen LogP contribution in [0.15, 0.2) is 24.4 Å². The maximum Gasteiger partial charge on any atom is 0.239 e. The van der Waals surface area contributed by atoms with Crippen molar-refractivity contribution in [3.05, 3.63) is 40.9 Å². The molecule has 0 unspecified atom stereocenters. The zero-order valence-electron chi connectivity index (χ0n) is 18.3. The quantitative estimate of drug-likeness (QED) is 0.414. The molecule has 172 valence electrons. The summed E-state index contributed by atoms with van der Waals surface area (Å²) in [5, 5.41) is 13.5. The third-order valence-corrected chi connectivity index (χ3v) is 5.38. The molecular formula is C22H26ClFN4O4. The van der Waals surface area contributed by atoms with Gasteiger partial charge in [0.05, 0.1) is 26.2 Å². The monoisotopic (exact) mass is 464 g/mol. The van der Waals surface area contributed by atoms with Crippen LogP contribution < -0.4 is 20.5 Å². The number of fused-ring (bicyclic) bond motifs is 1. The lowest BCUT2D eigenvalue weighted by atomic mass is 10.0. The summed E-state index contributed by atoms with van der Waals surface area (Å²) in [7, 11) is 3.07. The molecule has 4 N–H and O–H groups in total. The third-order valence-electron chi connectivity index (χ3n) is 5.11. The number of carbonyl (C=O) groups is 1. The molecule has 3 aromatic rings. The number of anilines is 1. The van der Waals surface area contributed by atoms with Crippen molar-refractivity contribution in [3.8, 4) is 17.4 Å². The number of pyridine rings is 1. The molecule has 0 aliphatic rings. The summed E-state index contributed by atoms with van der Waals surface area (Å²) >= 11 is 6.27. The van der Waals surface area contributed by atoms with Gasteiger partial charge in [-0.1, -0.05) is 25.4 Å². The van der Waals surface area contributed by atoms with Crippen LogP contribution in [0.25, 0.3) is 10.8 Å². The molecule has 0 aliphatic carbocycles. The molecule has 1 amide bonds. The number of methoxy groups -OCH3 is 2. The number of nitrogens with two attached hydrogens (primary N) is 1. The summed E-state index contributed by atoms with van der Waals surface area (Å²) in [5.41, 5.74) is 6.18. The number of primary amides is 1. The van der Waals surface area contributed by atoms with E-state index < -0.39 is 17.8 Å². The van der Waals surface area contributed by atoms with Gasteiger partial charge in [0.15, 0.2) is 11.6 Å². The largest absolute Gasteiger partial charge is 0.497 e. The van der Waals surface area contributed by atoms with E-state index >= 15 is 4.39 Å². The maximum atomic E-state index is 15.3. The fourth-order valence-electron chi connectivity index (χ4n) is 3.51. The van der Waals surface area contributed by atoms with Gasteiger partial charge in [-0.25, -0.2) is 9.37 Å². The zero-order valence-corrected chi connectivity index (χ0v) is 19.0. The van der Waals surface area contributed by atoms with Gasteiger partial charge in [0.2, 0.25) is 11.8 Å². The molecular weight excluding hydrogens is 439 g/mol. The first-order chi connectivity index (χ1) is 15.2. The van der Waals surface area contributed by atoms with Crippen LogP contribution in [0.3, 0.4) is 0 Å². The Kier molecular flexibility index (Phi) is 6.98. The molecule has 0 spiro atoms. The number of amides is 1. The number of aromatic hydroxyl groups is 1. The Labute approximate surface area is 190 Å². The van der Waals surface area contributed by atoms with Crippen molar-refractivity contribution < 1.29 is 23.8 Å². The van der Waals surface area contributed by atoms with Crippen LogP contribution in [0.5, 0.6) is 17.4 Å². The molecule has 0 aliphatic heterocycles. The van der Waals surface area contributed by atoms with Crippen LogP contribution in [0, 0.1) is 11.7 Å². The summed E-state index contributed by atoms with van der Waals surface area (Å²) in [6.07, 6.45) is 1.83. The van der Waals surface area contributed by atoms with Crippen molar-refractivity contribution >= 4 is 34.1 Å².